The normalized spacial score (nSPS) is 15.0. The largest absolute Gasteiger partial charge is 0.465 e. The Kier molecular flexibility index (Phi) is 4.80. The third-order valence-electron chi connectivity index (χ3n) is 3.69. The minimum atomic E-state index is -1.24. The number of amides is 2. The van der Waals surface area contributed by atoms with Crippen LogP contribution in [-0.2, 0) is 11.2 Å². The van der Waals surface area contributed by atoms with Gasteiger partial charge in [0, 0.05) is 18.0 Å². The van der Waals surface area contributed by atoms with Crippen LogP contribution in [0.1, 0.15) is 41.3 Å². The third-order valence-corrected chi connectivity index (χ3v) is 3.69. The van der Waals surface area contributed by atoms with Gasteiger partial charge in [0.25, 0.3) is 5.91 Å². The number of ketones is 1. The van der Waals surface area contributed by atoms with E-state index >= 15 is 0 Å². The molecule has 22 heavy (non-hydrogen) atoms. The summed E-state index contributed by atoms with van der Waals surface area (Å²) < 4.78 is 0. The molecule has 6 nitrogen and oxygen atoms in total. The quantitative estimate of drug-likeness (QED) is 0.744. The minimum absolute atomic E-state index is 0.0244. The number of Topliss-reactive ketones (excluding diaryl/α,β-unsaturated/α-hetero) is 1. The van der Waals surface area contributed by atoms with E-state index in [2.05, 4.69) is 10.6 Å². The fraction of sp³-hybridized carbons (Fsp3) is 0.438. The van der Waals surface area contributed by atoms with E-state index in [0.29, 0.717) is 11.1 Å². The van der Waals surface area contributed by atoms with Gasteiger partial charge in [-0.3, -0.25) is 9.59 Å². The summed E-state index contributed by atoms with van der Waals surface area (Å²) in [6.07, 6.45) is 0.768. The lowest BCUT2D eigenvalue weighted by atomic mass is 9.95. The van der Waals surface area contributed by atoms with E-state index in [-0.39, 0.29) is 24.2 Å². The van der Waals surface area contributed by atoms with E-state index in [1.54, 1.807) is 12.1 Å². The summed E-state index contributed by atoms with van der Waals surface area (Å²) in [6, 6.07) is 4.79. The second-order valence-corrected chi connectivity index (χ2v) is 5.67. The highest BCUT2D eigenvalue weighted by atomic mass is 16.4. The molecule has 2 amide bonds. The Bertz CT molecular complexity index is 608. The van der Waals surface area contributed by atoms with Gasteiger partial charge in [0.2, 0.25) is 0 Å². The summed E-state index contributed by atoms with van der Waals surface area (Å²) in [5.41, 5.74) is 1.95. The number of aryl methyl sites for hydroxylation is 1. The molecule has 1 aliphatic rings. The van der Waals surface area contributed by atoms with Crippen LogP contribution in [-0.4, -0.2) is 35.0 Å². The van der Waals surface area contributed by atoms with Crippen molar-refractivity contribution in [1.82, 2.24) is 10.6 Å². The number of carbonyl (C=O) groups excluding carboxylic acids is 2. The number of rotatable bonds is 6. The molecule has 1 aromatic carbocycles. The van der Waals surface area contributed by atoms with Crippen LogP contribution in [0.25, 0.3) is 0 Å². The third kappa shape index (κ3) is 4.07. The predicted molar refractivity (Wildman–Crippen MR) is 81.0 cm³/mol. The Balaban J connectivity index is 2.15. The Morgan fingerprint density at radius 1 is 1.32 bits per heavy atom. The van der Waals surface area contributed by atoms with Crippen LogP contribution in [0, 0.1) is 6.92 Å². The van der Waals surface area contributed by atoms with Crippen molar-refractivity contribution in [3.63, 3.8) is 0 Å². The van der Waals surface area contributed by atoms with Crippen LogP contribution in [0.5, 0.6) is 0 Å². The molecule has 0 aliphatic heterocycles. The smallest absolute Gasteiger partial charge is 0.405 e. The number of nitrogens with one attached hydrogen (secondary N) is 2. The predicted octanol–water partition coefficient (Wildman–Crippen LogP) is 1.65. The molecule has 0 saturated heterocycles. The van der Waals surface area contributed by atoms with Crippen LogP contribution in [0.4, 0.5) is 4.79 Å². The van der Waals surface area contributed by atoms with Gasteiger partial charge in [-0.15, -0.1) is 0 Å². The van der Waals surface area contributed by atoms with Crippen LogP contribution in [0.2, 0.25) is 0 Å². The zero-order chi connectivity index (χ0) is 16.3. The van der Waals surface area contributed by atoms with Crippen molar-refractivity contribution in [2.45, 2.75) is 45.2 Å². The maximum Gasteiger partial charge on any atom is 0.405 e. The molecule has 0 heterocycles. The van der Waals surface area contributed by atoms with Crippen LogP contribution < -0.4 is 10.6 Å². The average Bonchev–Trinajstić information content (AvgIpc) is 3.21. The average molecular weight is 304 g/mol. The zero-order valence-corrected chi connectivity index (χ0v) is 12.7. The molecule has 1 saturated carbocycles. The van der Waals surface area contributed by atoms with Crippen molar-refractivity contribution in [2.24, 2.45) is 0 Å². The fourth-order valence-electron chi connectivity index (χ4n) is 2.29. The molecule has 1 aliphatic carbocycles. The van der Waals surface area contributed by atoms with Crippen molar-refractivity contribution >= 4 is 17.8 Å². The molecule has 1 fully saturated rings. The Morgan fingerprint density at radius 2 is 2.00 bits per heavy atom. The highest BCUT2D eigenvalue weighted by Crippen LogP contribution is 2.22. The van der Waals surface area contributed by atoms with Crippen molar-refractivity contribution < 1.29 is 19.5 Å². The first-order valence-corrected chi connectivity index (χ1v) is 7.30. The number of carbonyl (C=O) groups is 3. The maximum absolute atomic E-state index is 12.3. The second-order valence-electron chi connectivity index (χ2n) is 5.67. The lowest BCUT2D eigenvalue weighted by molar-refractivity contribution is -0.119. The van der Waals surface area contributed by atoms with Crippen LogP contribution >= 0.6 is 0 Å². The molecule has 6 heteroatoms. The standard InChI is InChI=1S/C16H20N2O4/c1-9-4-3-5-11(8-13(19)10(2)17-16(21)22)14(9)15(20)18-12-6-7-12/h3-5,10,12,17H,6-8H2,1-2H3,(H,18,20)(H,21,22). The van der Waals surface area contributed by atoms with Gasteiger partial charge in [-0.2, -0.15) is 0 Å². The van der Waals surface area contributed by atoms with E-state index in [0.717, 1.165) is 18.4 Å². The second kappa shape index (κ2) is 6.60. The molecule has 1 aromatic rings. The van der Waals surface area contributed by atoms with E-state index in [4.69, 9.17) is 5.11 Å². The molecule has 2 rings (SSSR count). The molecule has 0 spiro atoms. The van der Waals surface area contributed by atoms with Gasteiger partial charge in [-0.25, -0.2) is 4.79 Å². The summed E-state index contributed by atoms with van der Waals surface area (Å²) in [7, 11) is 0. The minimum Gasteiger partial charge on any atom is -0.465 e. The Labute approximate surface area is 128 Å². The summed E-state index contributed by atoms with van der Waals surface area (Å²) in [6.45, 7) is 3.32. The number of hydrogen-bond donors (Lipinski definition) is 3. The van der Waals surface area contributed by atoms with Crippen molar-refractivity contribution in [3.05, 3.63) is 34.9 Å². The summed E-state index contributed by atoms with van der Waals surface area (Å²) in [5, 5.41) is 13.7. The maximum atomic E-state index is 12.3. The van der Waals surface area contributed by atoms with Crippen molar-refractivity contribution in [3.8, 4) is 0 Å². The first-order valence-electron chi connectivity index (χ1n) is 7.30. The van der Waals surface area contributed by atoms with Crippen molar-refractivity contribution in [2.75, 3.05) is 0 Å². The van der Waals surface area contributed by atoms with E-state index in [9.17, 15) is 14.4 Å². The molecule has 1 unspecified atom stereocenters. The monoisotopic (exact) mass is 304 g/mol. The highest BCUT2D eigenvalue weighted by Gasteiger charge is 2.26. The lowest BCUT2D eigenvalue weighted by Crippen LogP contribution is -2.38. The molecular formula is C16H20N2O4. The highest BCUT2D eigenvalue weighted by molar-refractivity contribution is 5.99. The summed E-state index contributed by atoms with van der Waals surface area (Å²) in [4.78, 5) is 35.0. The SMILES string of the molecule is Cc1cccc(CC(=O)C(C)NC(=O)O)c1C(=O)NC1CC1. The number of hydrogen-bond acceptors (Lipinski definition) is 3. The molecule has 118 valence electrons. The summed E-state index contributed by atoms with van der Waals surface area (Å²) in [5.74, 6) is -0.435. The zero-order valence-electron chi connectivity index (χ0n) is 12.7. The molecule has 1 atom stereocenters. The topological polar surface area (TPSA) is 95.5 Å². The number of benzene rings is 1. The Morgan fingerprint density at radius 3 is 2.59 bits per heavy atom. The number of carboxylic acid groups (broad SMARTS) is 1. The molecular weight excluding hydrogens is 284 g/mol. The van der Waals surface area contributed by atoms with Gasteiger partial charge in [0.05, 0.1) is 6.04 Å². The first-order chi connectivity index (χ1) is 10.4. The van der Waals surface area contributed by atoms with E-state index < -0.39 is 12.1 Å². The lowest BCUT2D eigenvalue weighted by Gasteiger charge is -2.14. The van der Waals surface area contributed by atoms with Gasteiger partial charge in [0.15, 0.2) is 5.78 Å². The van der Waals surface area contributed by atoms with Gasteiger partial charge < -0.3 is 15.7 Å². The molecule has 0 radical (unpaired) electrons. The molecule has 0 aromatic heterocycles. The molecule has 3 N–H and O–H groups in total. The fourth-order valence-corrected chi connectivity index (χ4v) is 2.29. The van der Waals surface area contributed by atoms with E-state index in [1.165, 1.54) is 6.92 Å². The van der Waals surface area contributed by atoms with Gasteiger partial charge >= 0.3 is 6.09 Å². The first kappa shape index (κ1) is 16.0. The summed E-state index contributed by atoms with van der Waals surface area (Å²) >= 11 is 0. The van der Waals surface area contributed by atoms with Gasteiger partial charge in [-0.05, 0) is 37.8 Å². The van der Waals surface area contributed by atoms with Gasteiger partial charge in [-0.1, -0.05) is 18.2 Å². The van der Waals surface area contributed by atoms with Gasteiger partial charge in [0.1, 0.15) is 0 Å². The van der Waals surface area contributed by atoms with Crippen LogP contribution in [0.3, 0.4) is 0 Å². The van der Waals surface area contributed by atoms with Crippen molar-refractivity contribution in [1.29, 1.82) is 0 Å². The van der Waals surface area contributed by atoms with E-state index in [1.807, 2.05) is 13.0 Å². The Hall–Kier alpha value is -2.37. The van der Waals surface area contributed by atoms with Crippen LogP contribution in [0.15, 0.2) is 18.2 Å². The molecule has 0 bridgehead atoms.